The topological polar surface area (TPSA) is 198 Å². The fourth-order valence-corrected chi connectivity index (χ4v) is 9.12. The number of methoxy groups -OCH3 is 1. The zero-order chi connectivity index (χ0) is 41.1. The van der Waals surface area contributed by atoms with Crippen molar-refractivity contribution in [3.05, 3.63) is 86.2 Å². The Hall–Kier alpha value is -5.65. The standard InChI is InChI=1S/C42H50N8O7S/c1-4-47(5-2)19-17-46-30-10-7-25(42-36(30)40(55)28-21-26(57-3)8-14-34(28)58-42)23-48(24-52)50-31(22-44-18-20-51)27-9-11-29(45-16-6-15-43)35-38(27)49(50)39-33(54)13-12-32(53)37(39)41(35)56/h7-14,21,24,31,44-46,51,53-54H,4-6,15-20,22-23,43H2,1-3H3. The van der Waals surface area contributed by atoms with Gasteiger partial charge in [-0.15, -0.1) is 11.3 Å². The third kappa shape index (κ3) is 7.22. The highest BCUT2D eigenvalue weighted by Crippen LogP contribution is 2.44. The number of carbonyl (C=O) groups is 1. The molecule has 0 aliphatic carbocycles. The van der Waals surface area contributed by atoms with Gasteiger partial charge in [0.15, 0.2) is 5.43 Å². The average molecular weight is 811 g/mol. The molecule has 2 aromatic heterocycles. The molecule has 15 nitrogen and oxygen atoms in total. The summed E-state index contributed by atoms with van der Waals surface area (Å²) >= 11 is 1.44. The highest BCUT2D eigenvalue weighted by atomic mass is 32.1. The number of phenolic OH excluding ortho intramolecular Hbond substituents is 2. The minimum Gasteiger partial charge on any atom is -0.507 e. The van der Waals surface area contributed by atoms with E-state index in [-0.39, 0.29) is 59.5 Å². The number of amides is 1. The maximum atomic E-state index is 14.5. The van der Waals surface area contributed by atoms with Crippen molar-refractivity contribution in [3.8, 4) is 17.2 Å². The fourth-order valence-electron chi connectivity index (χ4n) is 7.93. The summed E-state index contributed by atoms with van der Waals surface area (Å²) in [6, 6.07) is 14.8. The number of nitrogens with zero attached hydrogens (tertiary/aromatic N) is 4. The van der Waals surface area contributed by atoms with E-state index in [0.717, 1.165) is 24.3 Å². The van der Waals surface area contributed by atoms with Crippen molar-refractivity contribution < 1.29 is 24.9 Å². The van der Waals surface area contributed by atoms with Gasteiger partial charge in [-0.3, -0.25) is 14.4 Å². The van der Waals surface area contributed by atoms with Gasteiger partial charge in [-0.1, -0.05) is 26.0 Å². The molecule has 58 heavy (non-hydrogen) atoms. The number of likely N-dealkylation sites (N-methyl/N-ethyl adjacent to an activating group) is 1. The van der Waals surface area contributed by atoms with E-state index in [1.54, 1.807) is 29.0 Å². The summed E-state index contributed by atoms with van der Waals surface area (Å²) in [5.41, 5.74) is 8.15. The van der Waals surface area contributed by atoms with E-state index in [1.165, 1.54) is 28.5 Å². The molecule has 0 fully saturated rings. The zero-order valence-corrected chi connectivity index (χ0v) is 33.7. The van der Waals surface area contributed by atoms with Crippen LogP contribution in [0.1, 0.15) is 37.4 Å². The van der Waals surface area contributed by atoms with Gasteiger partial charge in [0.2, 0.25) is 11.8 Å². The first-order chi connectivity index (χ1) is 28.2. The van der Waals surface area contributed by atoms with Gasteiger partial charge in [0.1, 0.15) is 28.8 Å². The first-order valence-corrected chi connectivity index (χ1v) is 20.4. The van der Waals surface area contributed by atoms with Crippen LogP contribution in [-0.2, 0) is 11.3 Å². The molecule has 0 bridgehead atoms. The fraction of sp³-hybridized carbons (Fsp3) is 0.357. The molecule has 8 N–H and O–H groups in total. The summed E-state index contributed by atoms with van der Waals surface area (Å²) in [4.78, 5) is 44.8. The molecule has 1 amide bonds. The molecule has 1 aliphatic heterocycles. The van der Waals surface area contributed by atoms with Crippen LogP contribution in [0.5, 0.6) is 17.2 Å². The first-order valence-electron chi connectivity index (χ1n) is 19.6. The normalized spacial score (nSPS) is 13.7. The monoisotopic (exact) mass is 810 g/mol. The van der Waals surface area contributed by atoms with E-state index < -0.39 is 11.5 Å². The molecular weight excluding hydrogens is 761 g/mol. The molecule has 3 heterocycles. The Morgan fingerprint density at radius 1 is 0.897 bits per heavy atom. The van der Waals surface area contributed by atoms with E-state index >= 15 is 0 Å². The predicted molar refractivity (Wildman–Crippen MR) is 232 cm³/mol. The molecule has 4 aromatic carbocycles. The van der Waals surface area contributed by atoms with Crippen LogP contribution in [-0.4, -0.2) is 102 Å². The summed E-state index contributed by atoms with van der Waals surface area (Å²) < 4.78 is 8.54. The summed E-state index contributed by atoms with van der Waals surface area (Å²) in [7, 11) is 1.56. The van der Waals surface area contributed by atoms with E-state index in [0.29, 0.717) is 81.7 Å². The number of anilines is 2. The van der Waals surface area contributed by atoms with Crippen molar-refractivity contribution in [1.82, 2.24) is 19.9 Å². The quantitative estimate of drug-likeness (QED) is 0.0269. The number of benzene rings is 4. The number of pyridine rings is 1. The smallest absolute Gasteiger partial charge is 0.229 e. The second-order valence-corrected chi connectivity index (χ2v) is 15.2. The van der Waals surface area contributed by atoms with Crippen LogP contribution >= 0.6 is 11.3 Å². The molecule has 0 spiro atoms. The van der Waals surface area contributed by atoms with Gasteiger partial charge in [0, 0.05) is 64.4 Å². The number of aromatic nitrogens is 1. The van der Waals surface area contributed by atoms with Gasteiger partial charge < -0.3 is 46.6 Å². The number of hydrazine groups is 1. The Kier molecular flexibility index (Phi) is 12.2. The number of hydrogen-bond acceptors (Lipinski definition) is 14. The van der Waals surface area contributed by atoms with Crippen LogP contribution in [0.4, 0.5) is 11.4 Å². The van der Waals surface area contributed by atoms with Crippen LogP contribution in [0.2, 0.25) is 0 Å². The zero-order valence-electron chi connectivity index (χ0n) is 32.9. The van der Waals surface area contributed by atoms with E-state index in [9.17, 15) is 29.7 Å². The van der Waals surface area contributed by atoms with Crippen LogP contribution in [0.15, 0.2) is 64.2 Å². The van der Waals surface area contributed by atoms with Crippen LogP contribution in [0, 0.1) is 0 Å². The average Bonchev–Trinajstić information content (AvgIpc) is 3.55. The maximum Gasteiger partial charge on any atom is 0.229 e. The molecule has 0 saturated carbocycles. The summed E-state index contributed by atoms with van der Waals surface area (Å²) in [5.74, 6) is -0.0361. The van der Waals surface area contributed by atoms with Crippen molar-refractivity contribution in [2.24, 2.45) is 5.73 Å². The lowest BCUT2D eigenvalue weighted by atomic mass is 10.0. The van der Waals surface area contributed by atoms with Gasteiger partial charge in [0.25, 0.3) is 0 Å². The van der Waals surface area contributed by atoms with Crippen LogP contribution < -0.4 is 42.4 Å². The number of carbonyl (C=O) groups excluding carboxylic acids is 1. The van der Waals surface area contributed by atoms with Crippen molar-refractivity contribution >= 4 is 71.1 Å². The SMILES string of the molecule is CCN(CC)CCNc1ccc(CN(C=O)N2C(CNCCO)c3ccc(NCCCN)c4c(=O)c5c(O)ccc(O)c5n2c34)c2sc3ccc(OC)cc3c(=O)c12. The minimum absolute atomic E-state index is 0.0158. The highest BCUT2D eigenvalue weighted by molar-refractivity contribution is 7.24. The number of nitrogens with one attached hydrogen (secondary N) is 3. The Labute approximate surface area is 338 Å². The number of phenols is 2. The number of rotatable bonds is 19. The van der Waals surface area contributed by atoms with Crippen LogP contribution in [0.25, 0.3) is 42.0 Å². The Morgan fingerprint density at radius 3 is 2.36 bits per heavy atom. The number of aromatic hydroxyl groups is 2. The second-order valence-electron chi connectivity index (χ2n) is 14.2. The molecule has 1 aliphatic rings. The van der Waals surface area contributed by atoms with Crippen molar-refractivity contribution in [2.45, 2.75) is 32.9 Å². The van der Waals surface area contributed by atoms with E-state index in [4.69, 9.17) is 10.5 Å². The second kappa shape index (κ2) is 17.5. The van der Waals surface area contributed by atoms with Gasteiger partial charge in [0.05, 0.1) is 41.9 Å². The number of hydrogen-bond donors (Lipinski definition) is 7. The van der Waals surface area contributed by atoms with Crippen molar-refractivity contribution in [3.63, 3.8) is 0 Å². The van der Waals surface area contributed by atoms with Gasteiger partial charge in [-0.2, -0.15) is 0 Å². The number of nitrogens with two attached hydrogens (primary N) is 1. The summed E-state index contributed by atoms with van der Waals surface area (Å²) in [5, 5.41) is 46.8. The first kappa shape index (κ1) is 40.5. The number of aliphatic hydroxyl groups is 1. The molecule has 1 unspecified atom stereocenters. The molecule has 0 radical (unpaired) electrons. The lowest BCUT2D eigenvalue weighted by Crippen LogP contribution is -2.50. The number of aliphatic hydroxyl groups excluding tert-OH is 1. The third-order valence-electron chi connectivity index (χ3n) is 10.9. The Morgan fingerprint density at radius 2 is 1.64 bits per heavy atom. The van der Waals surface area contributed by atoms with Gasteiger partial charge in [-0.05, 0) is 74.1 Å². The molecule has 6 aromatic rings. The third-order valence-corrected chi connectivity index (χ3v) is 12.1. The molecule has 306 valence electrons. The van der Waals surface area contributed by atoms with E-state index in [1.807, 2.05) is 30.3 Å². The summed E-state index contributed by atoms with van der Waals surface area (Å²) in [6.45, 7) is 8.67. The Bertz CT molecular complexity index is 2610. The summed E-state index contributed by atoms with van der Waals surface area (Å²) in [6.07, 6.45) is 1.32. The highest BCUT2D eigenvalue weighted by Gasteiger charge is 2.39. The molecule has 7 rings (SSSR count). The van der Waals surface area contributed by atoms with Gasteiger partial charge in [-0.25, -0.2) is 14.8 Å². The Balaban J connectivity index is 1.43. The lowest BCUT2D eigenvalue weighted by Gasteiger charge is -2.37. The molecule has 16 heteroatoms. The lowest BCUT2D eigenvalue weighted by molar-refractivity contribution is -0.121. The van der Waals surface area contributed by atoms with Gasteiger partial charge >= 0.3 is 0 Å². The maximum absolute atomic E-state index is 14.5. The van der Waals surface area contributed by atoms with Crippen molar-refractivity contribution in [2.75, 3.05) is 81.8 Å². The van der Waals surface area contributed by atoms with Crippen molar-refractivity contribution in [1.29, 1.82) is 0 Å². The minimum atomic E-state index is -0.636. The molecular formula is C42H50N8O7S. The predicted octanol–water partition coefficient (Wildman–Crippen LogP) is 3.97. The number of ether oxygens (including phenoxy) is 1. The molecule has 1 atom stereocenters. The number of fused-ring (bicyclic) bond motifs is 4. The largest absolute Gasteiger partial charge is 0.507 e. The molecule has 0 saturated heterocycles. The van der Waals surface area contributed by atoms with Crippen LogP contribution in [0.3, 0.4) is 0 Å². The van der Waals surface area contributed by atoms with E-state index in [2.05, 4.69) is 34.7 Å².